The molecule has 1 aromatic rings. The molecule has 1 aliphatic heterocycles. The van der Waals surface area contributed by atoms with Gasteiger partial charge < -0.3 is 10.5 Å². The maximum Gasteiger partial charge on any atom is 0.144 e. The maximum absolute atomic E-state index is 6.01. The number of ether oxygens (including phenoxy) is 1. The van der Waals surface area contributed by atoms with Crippen molar-refractivity contribution >= 4 is 0 Å². The minimum absolute atomic E-state index is 0.0393. The van der Waals surface area contributed by atoms with Gasteiger partial charge in [-0.25, -0.2) is 9.97 Å². The first-order valence-electron chi connectivity index (χ1n) is 6.00. The van der Waals surface area contributed by atoms with Crippen LogP contribution in [0.3, 0.4) is 0 Å². The van der Waals surface area contributed by atoms with Gasteiger partial charge in [0.25, 0.3) is 0 Å². The molecule has 4 nitrogen and oxygen atoms in total. The monoisotopic (exact) mass is 221 g/mol. The van der Waals surface area contributed by atoms with E-state index in [4.69, 9.17) is 10.5 Å². The number of hydrogen-bond donors (Lipinski definition) is 1. The fourth-order valence-corrected chi connectivity index (χ4v) is 2.07. The highest BCUT2D eigenvalue weighted by atomic mass is 16.5. The third-order valence-electron chi connectivity index (χ3n) is 2.98. The van der Waals surface area contributed by atoms with Crippen LogP contribution in [0.4, 0.5) is 0 Å². The zero-order chi connectivity index (χ0) is 11.2. The Hall–Kier alpha value is -1.00. The van der Waals surface area contributed by atoms with Gasteiger partial charge in [-0.15, -0.1) is 0 Å². The Kier molecular flexibility index (Phi) is 4.25. The van der Waals surface area contributed by atoms with E-state index < -0.39 is 0 Å². The molecular formula is C12H19N3O. The van der Waals surface area contributed by atoms with Gasteiger partial charge in [-0.2, -0.15) is 0 Å². The standard InChI is InChI=1S/C12H19N3O/c13-11(12-14-7-3-8-15-12)6-1-4-10-5-2-9-16-10/h3,7-8,10-11H,1-2,4-6,9,13H2. The highest BCUT2D eigenvalue weighted by molar-refractivity contribution is 4.94. The molecule has 1 saturated heterocycles. The van der Waals surface area contributed by atoms with Crippen LogP contribution in [0.5, 0.6) is 0 Å². The first-order chi connectivity index (χ1) is 7.86. The van der Waals surface area contributed by atoms with Crippen LogP contribution in [0.2, 0.25) is 0 Å². The van der Waals surface area contributed by atoms with Gasteiger partial charge in [0, 0.05) is 19.0 Å². The van der Waals surface area contributed by atoms with Crippen LogP contribution in [0.25, 0.3) is 0 Å². The Bertz CT molecular complexity index is 298. The van der Waals surface area contributed by atoms with E-state index in [0.29, 0.717) is 6.10 Å². The number of hydrogen-bond acceptors (Lipinski definition) is 4. The molecule has 4 heteroatoms. The first-order valence-corrected chi connectivity index (χ1v) is 6.00. The maximum atomic E-state index is 6.01. The summed E-state index contributed by atoms with van der Waals surface area (Å²) >= 11 is 0. The summed E-state index contributed by atoms with van der Waals surface area (Å²) in [6, 6.07) is 1.77. The summed E-state index contributed by atoms with van der Waals surface area (Å²) in [5.41, 5.74) is 6.01. The van der Waals surface area contributed by atoms with Gasteiger partial charge in [0.15, 0.2) is 0 Å². The minimum atomic E-state index is -0.0393. The SMILES string of the molecule is NC(CCCC1CCCO1)c1ncccn1. The molecule has 2 N–H and O–H groups in total. The molecular weight excluding hydrogens is 202 g/mol. The molecule has 1 fully saturated rings. The van der Waals surface area contributed by atoms with Gasteiger partial charge in [-0.3, -0.25) is 0 Å². The second-order valence-electron chi connectivity index (χ2n) is 4.28. The molecule has 0 aliphatic carbocycles. The van der Waals surface area contributed by atoms with Crippen LogP contribution in [0, 0.1) is 0 Å². The molecule has 2 atom stereocenters. The zero-order valence-corrected chi connectivity index (χ0v) is 9.51. The normalized spacial score (nSPS) is 22.2. The smallest absolute Gasteiger partial charge is 0.144 e. The third kappa shape index (κ3) is 3.25. The fraction of sp³-hybridized carbons (Fsp3) is 0.667. The topological polar surface area (TPSA) is 61.0 Å². The molecule has 2 unspecified atom stereocenters. The van der Waals surface area contributed by atoms with Crippen molar-refractivity contribution in [3.63, 3.8) is 0 Å². The Morgan fingerprint density at radius 2 is 2.25 bits per heavy atom. The molecule has 0 bridgehead atoms. The molecule has 88 valence electrons. The Labute approximate surface area is 96.2 Å². The van der Waals surface area contributed by atoms with E-state index in [0.717, 1.165) is 31.7 Å². The summed E-state index contributed by atoms with van der Waals surface area (Å²) in [6.45, 7) is 0.929. The van der Waals surface area contributed by atoms with Crippen molar-refractivity contribution in [2.24, 2.45) is 5.73 Å². The fourth-order valence-electron chi connectivity index (χ4n) is 2.07. The molecule has 0 spiro atoms. The lowest BCUT2D eigenvalue weighted by molar-refractivity contribution is 0.101. The van der Waals surface area contributed by atoms with Crippen molar-refractivity contribution < 1.29 is 4.74 Å². The number of nitrogens with two attached hydrogens (primary N) is 1. The van der Waals surface area contributed by atoms with E-state index >= 15 is 0 Å². The van der Waals surface area contributed by atoms with Crippen molar-refractivity contribution in [3.8, 4) is 0 Å². The van der Waals surface area contributed by atoms with E-state index in [1.165, 1.54) is 12.8 Å². The van der Waals surface area contributed by atoms with E-state index in [2.05, 4.69) is 9.97 Å². The molecule has 0 aromatic carbocycles. The molecule has 0 amide bonds. The summed E-state index contributed by atoms with van der Waals surface area (Å²) < 4.78 is 5.57. The summed E-state index contributed by atoms with van der Waals surface area (Å²) in [6.07, 6.45) is 9.48. The quantitative estimate of drug-likeness (QED) is 0.824. The van der Waals surface area contributed by atoms with Crippen LogP contribution < -0.4 is 5.73 Å². The summed E-state index contributed by atoms with van der Waals surface area (Å²) in [5.74, 6) is 0.745. The van der Waals surface area contributed by atoms with Gasteiger partial charge in [0.1, 0.15) is 5.82 Å². The number of nitrogens with zero attached hydrogens (tertiary/aromatic N) is 2. The van der Waals surface area contributed by atoms with E-state index in [1.807, 2.05) is 6.07 Å². The lowest BCUT2D eigenvalue weighted by atomic mass is 10.1. The van der Waals surface area contributed by atoms with Gasteiger partial charge in [-0.05, 0) is 38.2 Å². The van der Waals surface area contributed by atoms with Crippen LogP contribution >= 0.6 is 0 Å². The molecule has 0 saturated carbocycles. The summed E-state index contributed by atoms with van der Waals surface area (Å²) in [5, 5.41) is 0. The molecule has 1 aliphatic rings. The zero-order valence-electron chi connectivity index (χ0n) is 9.51. The highest BCUT2D eigenvalue weighted by Crippen LogP contribution is 2.20. The Morgan fingerprint density at radius 3 is 2.94 bits per heavy atom. The minimum Gasteiger partial charge on any atom is -0.378 e. The van der Waals surface area contributed by atoms with Gasteiger partial charge >= 0.3 is 0 Å². The van der Waals surface area contributed by atoms with Gasteiger partial charge in [-0.1, -0.05) is 0 Å². The van der Waals surface area contributed by atoms with Crippen molar-refractivity contribution in [1.29, 1.82) is 0 Å². The average Bonchev–Trinajstić information content (AvgIpc) is 2.83. The average molecular weight is 221 g/mol. The van der Waals surface area contributed by atoms with Crippen LogP contribution in [-0.2, 0) is 4.74 Å². The molecule has 2 heterocycles. The van der Waals surface area contributed by atoms with Crippen molar-refractivity contribution in [2.75, 3.05) is 6.61 Å². The van der Waals surface area contributed by atoms with Crippen LogP contribution in [0.15, 0.2) is 18.5 Å². The number of rotatable bonds is 5. The lowest BCUT2D eigenvalue weighted by Crippen LogP contribution is -2.14. The molecule has 0 radical (unpaired) electrons. The van der Waals surface area contributed by atoms with Crippen molar-refractivity contribution in [2.45, 2.75) is 44.2 Å². The molecule has 16 heavy (non-hydrogen) atoms. The predicted molar refractivity (Wildman–Crippen MR) is 61.8 cm³/mol. The van der Waals surface area contributed by atoms with Crippen molar-refractivity contribution in [1.82, 2.24) is 9.97 Å². The molecule has 2 rings (SSSR count). The van der Waals surface area contributed by atoms with E-state index in [-0.39, 0.29) is 6.04 Å². The Morgan fingerprint density at radius 1 is 1.44 bits per heavy atom. The third-order valence-corrected chi connectivity index (χ3v) is 2.98. The van der Waals surface area contributed by atoms with Gasteiger partial charge in [0.05, 0.1) is 12.1 Å². The first kappa shape index (κ1) is 11.5. The lowest BCUT2D eigenvalue weighted by Gasteiger charge is -2.12. The second kappa shape index (κ2) is 5.92. The Balaban J connectivity index is 1.69. The predicted octanol–water partition coefficient (Wildman–Crippen LogP) is 1.83. The number of aromatic nitrogens is 2. The largest absolute Gasteiger partial charge is 0.378 e. The second-order valence-corrected chi connectivity index (χ2v) is 4.28. The van der Waals surface area contributed by atoms with E-state index in [1.54, 1.807) is 12.4 Å². The van der Waals surface area contributed by atoms with Crippen LogP contribution in [-0.4, -0.2) is 22.7 Å². The summed E-state index contributed by atoms with van der Waals surface area (Å²) in [7, 11) is 0. The molecule has 1 aromatic heterocycles. The summed E-state index contributed by atoms with van der Waals surface area (Å²) in [4.78, 5) is 8.32. The van der Waals surface area contributed by atoms with Gasteiger partial charge in [0.2, 0.25) is 0 Å². The highest BCUT2D eigenvalue weighted by Gasteiger charge is 2.16. The van der Waals surface area contributed by atoms with Crippen LogP contribution in [0.1, 0.15) is 44.0 Å². The van der Waals surface area contributed by atoms with Crippen molar-refractivity contribution in [3.05, 3.63) is 24.3 Å². The van der Waals surface area contributed by atoms with E-state index in [9.17, 15) is 0 Å².